The van der Waals surface area contributed by atoms with Crippen LogP contribution in [0.3, 0.4) is 0 Å². The highest BCUT2D eigenvalue weighted by Gasteiger charge is 2.45. The van der Waals surface area contributed by atoms with E-state index in [1.54, 1.807) is 0 Å². The minimum Gasteiger partial charge on any atom is -0.342 e. The van der Waals surface area contributed by atoms with Crippen LogP contribution in [-0.4, -0.2) is 37.0 Å². The maximum Gasteiger partial charge on any atom is 0.230 e. The van der Waals surface area contributed by atoms with Gasteiger partial charge in [-0.15, -0.1) is 0 Å². The highest BCUT2D eigenvalue weighted by molar-refractivity contribution is 5.83. The first-order valence-corrected chi connectivity index (χ1v) is 8.08. The van der Waals surface area contributed by atoms with Gasteiger partial charge in [-0.1, -0.05) is 40.5 Å². The Hall–Kier alpha value is -0.570. The van der Waals surface area contributed by atoms with E-state index >= 15 is 0 Å². The number of hydrogen-bond donors (Lipinski definition) is 1. The molecule has 0 aromatic heterocycles. The maximum atomic E-state index is 13.0. The van der Waals surface area contributed by atoms with Crippen LogP contribution in [0.25, 0.3) is 0 Å². The molecule has 3 nitrogen and oxygen atoms in total. The second-order valence-electron chi connectivity index (χ2n) is 6.24. The molecule has 1 aliphatic heterocycles. The van der Waals surface area contributed by atoms with Gasteiger partial charge in [0.05, 0.1) is 5.41 Å². The monoisotopic (exact) mass is 268 g/mol. The molecule has 0 radical (unpaired) electrons. The zero-order chi connectivity index (χ0) is 14.3. The molecule has 1 N–H and O–H groups in total. The van der Waals surface area contributed by atoms with Gasteiger partial charge in [0.2, 0.25) is 5.91 Å². The Labute approximate surface area is 119 Å². The molecule has 1 heterocycles. The number of nitrogens with one attached hydrogen (secondary N) is 1. The molecule has 0 saturated carbocycles. The standard InChI is InChI=1S/C16H32N2O/c1-5-7-11-18(12-8-6-2)15(19)16(14(3)4)9-10-17-13-16/h14,17H,5-13H2,1-4H3. The third-order valence-electron chi connectivity index (χ3n) is 4.57. The van der Waals surface area contributed by atoms with Crippen LogP contribution in [0.1, 0.15) is 59.8 Å². The zero-order valence-corrected chi connectivity index (χ0v) is 13.3. The summed E-state index contributed by atoms with van der Waals surface area (Å²) in [5, 5.41) is 3.39. The summed E-state index contributed by atoms with van der Waals surface area (Å²) in [6, 6.07) is 0. The summed E-state index contributed by atoms with van der Waals surface area (Å²) >= 11 is 0. The average Bonchev–Trinajstić information content (AvgIpc) is 2.89. The summed E-state index contributed by atoms with van der Waals surface area (Å²) in [7, 11) is 0. The molecule has 0 spiro atoms. The Morgan fingerprint density at radius 2 is 1.79 bits per heavy atom. The van der Waals surface area contributed by atoms with Crippen molar-refractivity contribution in [2.75, 3.05) is 26.2 Å². The quantitative estimate of drug-likeness (QED) is 0.734. The molecule has 112 valence electrons. The lowest BCUT2D eigenvalue weighted by molar-refractivity contribution is -0.144. The third-order valence-corrected chi connectivity index (χ3v) is 4.57. The van der Waals surface area contributed by atoms with Crippen LogP contribution in [0.4, 0.5) is 0 Å². The Bertz CT molecular complexity index is 262. The number of unbranched alkanes of at least 4 members (excludes halogenated alkanes) is 2. The van der Waals surface area contributed by atoms with Gasteiger partial charge in [-0.05, 0) is 31.7 Å². The van der Waals surface area contributed by atoms with E-state index in [1.165, 1.54) is 0 Å². The van der Waals surface area contributed by atoms with Crippen LogP contribution in [0.2, 0.25) is 0 Å². The molecule has 1 atom stereocenters. The lowest BCUT2D eigenvalue weighted by Gasteiger charge is -2.37. The van der Waals surface area contributed by atoms with E-state index in [1.807, 2.05) is 0 Å². The van der Waals surface area contributed by atoms with Crippen LogP contribution in [0, 0.1) is 11.3 Å². The molecule has 1 aliphatic rings. The van der Waals surface area contributed by atoms with Gasteiger partial charge >= 0.3 is 0 Å². The molecule has 1 saturated heterocycles. The topological polar surface area (TPSA) is 32.3 Å². The van der Waals surface area contributed by atoms with Crippen molar-refractivity contribution in [2.45, 2.75) is 59.8 Å². The summed E-state index contributed by atoms with van der Waals surface area (Å²) in [6.07, 6.45) is 5.55. The first-order valence-electron chi connectivity index (χ1n) is 8.08. The van der Waals surface area contributed by atoms with Crippen molar-refractivity contribution < 1.29 is 4.79 Å². The molecule has 0 aromatic carbocycles. The minimum atomic E-state index is -0.151. The van der Waals surface area contributed by atoms with Gasteiger partial charge in [0.15, 0.2) is 0 Å². The summed E-state index contributed by atoms with van der Waals surface area (Å²) in [5.74, 6) is 0.815. The number of nitrogens with zero attached hydrogens (tertiary/aromatic N) is 1. The van der Waals surface area contributed by atoms with Crippen LogP contribution in [-0.2, 0) is 4.79 Å². The molecule has 1 rings (SSSR count). The summed E-state index contributed by atoms with van der Waals surface area (Å²) in [5.41, 5.74) is -0.151. The molecule has 1 fully saturated rings. The second-order valence-corrected chi connectivity index (χ2v) is 6.24. The fraction of sp³-hybridized carbons (Fsp3) is 0.938. The van der Waals surface area contributed by atoms with E-state index in [0.717, 1.165) is 58.3 Å². The molecular weight excluding hydrogens is 236 g/mol. The number of hydrogen-bond acceptors (Lipinski definition) is 2. The maximum absolute atomic E-state index is 13.0. The van der Waals surface area contributed by atoms with Gasteiger partial charge in [-0.3, -0.25) is 4.79 Å². The predicted molar refractivity (Wildman–Crippen MR) is 81.2 cm³/mol. The predicted octanol–water partition coefficient (Wildman–Crippen LogP) is 3.05. The lowest BCUT2D eigenvalue weighted by atomic mass is 9.75. The van der Waals surface area contributed by atoms with Crippen molar-refractivity contribution in [3.8, 4) is 0 Å². The number of rotatable bonds is 8. The fourth-order valence-corrected chi connectivity index (χ4v) is 2.96. The van der Waals surface area contributed by atoms with Crippen LogP contribution in [0.5, 0.6) is 0 Å². The second kappa shape index (κ2) is 7.88. The van der Waals surface area contributed by atoms with Crippen molar-refractivity contribution in [1.82, 2.24) is 10.2 Å². The first kappa shape index (κ1) is 16.5. The van der Waals surface area contributed by atoms with Gasteiger partial charge in [-0.2, -0.15) is 0 Å². The third kappa shape index (κ3) is 3.95. The highest BCUT2D eigenvalue weighted by atomic mass is 16.2. The smallest absolute Gasteiger partial charge is 0.230 e. The average molecular weight is 268 g/mol. The Kier molecular flexibility index (Phi) is 6.84. The molecule has 0 aromatic rings. The summed E-state index contributed by atoms with van der Waals surface area (Å²) in [4.78, 5) is 15.1. The summed E-state index contributed by atoms with van der Waals surface area (Å²) < 4.78 is 0. The SMILES string of the molecule is CCCCN(CCCC)C(=O)C1(C(C)C)CCNC1. The summed E-state index contributed by atoms with van der Waals surface area (Å²) in [6.45, 7) is 12.5. The van der Waals surface area contributed by atoms with Crippen LogP contribution < -0.4 is 5.32 Å². The normalized spacial score (nSPS) is 23.0. The van der Waals surface area contributed by atoms with E-state index in [4.69, 9.17) is 0 Å². The molecule has 0 bridgehead atoms. The van der Waals surface area contributed by atoms with Gasteiger partial charge in [0.1, 0.15) is 0 Å². The van der Waals surface area contributed by atoms with E-state index < -0.39 is 0 Å². The zero-order valence-electron chi connectivity index (χ0n) is 13.3. The molecule has 1 unspecified atom stereocenters. The van der Waals surface area contributed by atoms with E-state index in [0.29, 0.717) is 11.8 Å². The van der Waals surface area contributed by atoms with E-state index in [-0.39, 0.29) is 5.41 Å². The van der Waals surface area contributed by atoms with Crippen molar-refractivity contribution >= 4 is 5.91 Å². The fourth-order valence-electron chi connectivity index (χ4n) is 2.96. The molecule has 1 amide bonds. The Morgan fingerprint density at radius 3 is 2.16 bits per heavy atom. The Morgan fingerprint density at radius 1 is 1.21 bits per heavy atom. The van der Waals surface area contributed by atoms with Gasteiger partial charge < -0.3 is 10.2 Å². The molecule has 19 heavy (non-hydrogen) atoms. The van der Waals surface area contributed by atoms with Crippen molar-refractivity contribution in [2.24, 2.45) is 11.3 Å². The van der Waals surface area contributed by atoms with Crippen molar-refractivity contribution in [1.29, 1.82) is 0 Å². The first-order chi connectivity index (χ1) is 9.08. The van der Waals surface area contributed by atoms with Gasteiger partial charge in [0.25, 0.3) is 0 Å². The Balaban J connectivity index is 2.77. The van der Waals surface area contributed by atoms with E-state index in [9.17, 15) is 4.79 Å². The van der Waals surface area contributed by atoms with Crippen LogP contribution >= 0.6 is 0 Å². The molecule has 0 aliphatic carbocycles. The number of amides is 1. The van der Waals surface area contributed by atoms with Crippen molar-refractivity contribution in [3.05, 3.63) is 0 Å². The van der Waals surface area contributed by atoms with Crippen molar-refractivity contribution in [3.63, 3.8) is 0 Å². The van der Waals surface area contributed by atoms with Crippen LogP contribution in [0.15, 0.2) is 0 Å². The molecular formula is C16H32N2O. The molecule has 3 heteroatoms. The van der Waals surface area contributed by atoms with E-state index in [2.05, 4.69) is 37.9 Å². The number of carbonyl (C=O) groups excluding carboxylic acids is 1. The number of carbonyl (C=O) groups is 1. The lowest BCUT2D eigenvalue weighted by Crippen LogP contribution is -2.48. The van der Waals surface area contributed by atoms with Gasteiger partial charge in [0, 0.05) is 19.6 Å². The highest BCUT2D eigenvalue weighted by Crippen LogP contribution is 2.36. The minimum absolute atomic E-state index is 0.151. The van der Waals surface area contributed by atoms with Gasteiger partial charge in [-0.25, -0.2) is 0 Å². The largest absolute Gasteiger partial charge is 0.342 e.